The Labute approximate surface area is 86.9 Å². The summed E-state index contributed by atoms with van der Waals surface area (Å²) in [6, 6.07) is 5.56. The fraction of sp³-hybridized carbons (Fsp3) is 0.273. The largest absolute Gasteiger partial charge is 0.481 e. The molecule has 1 aliphatic rings. The molecule has 2 N–H and O–H groups in total. The lowest BCUT2D eigenvalue weighted by Gasteiger charge is -2.05. The number of hydrogen-bond donors (Lipinski definition) is 2. The molecule has 0 saturated carbocycles. The van der Waals surface area contributed by atoms with Crippen molar-refractivity contribution >= 4 is 17.6 Å². The predicted octanol–water partition coefficient (Wildman–Crippen LogP) is 1.51. The molecule has 0 spiro atoms. The van der Waals surface area contributed by atoms with Gasteiger partial charge in [-0.2, -0.15) is 0 Å². The fourth-order valence-corrected chi connectivity index (χ4v) is 1.82. The lowest BCUT2D eigenvalue weighted by atomic mass is 9.96. The molecule has 1 amide bonds. The van der Waals surface area contributed by atoms with Crippen LogP contribution in [0.4, 0.5) is 5.69 Å². The van der Waals surface area contributed by atoms with E-state index in [0.717, 1.165) is 16.8 Å². The SMILES string of the molecule is Cc1ccc2c(c1)[C@@H](CC(=O)O)C(=O)N2. The number of carbonyl (C=O) groups excluding carboxylic acids is 1. The third kappa shape index (κ3) is 1.70. The Balaban J connectivity index is 2.39. The molecule has 1 aromatic carbocycles. The highest BCUT2D eigenvalue weighted by Crippen LogP contribution is 2.35. The van der Waals surface area contributed by atoms with Crippen molar-refractivity contribution in [2.24, 2.45) is 0 Å². The molecule has 4 nitrogen and oxygen atoms in total. The van der Waals surface area contributed by atoms with Gasteiger partial charge in [0.1, 0.15) is 0 Å². The predicted molar refractivity (Wildman–Crippen MR) is 54.8 cm³/mol. The highest BCUT2D eigenvalue weighted by atomic mass is 16.4. The molecule has 0 bridgehead atoms. The average molecular weight is 205 g/mol. The molecular formula is C11H11NO3. The molecular weight excluding hydrogens is 194 g/mol. The lowest BCUT2D eigenvalue weighted by Crippen LogP contribution is -2.15. The smallest absolute Gasteiger partial charge is 0.304 e. The summed E-state index contributed by atoms with van der Waals surface area (Å²) >= 11 is 0. The summed E-state index contributed by atoms with van der Waals surface area (Å²) < 4.78 is 0. The zero-order valence-corrected chi connectivity index (χ0v) is 8.28. The number of rotatable bonds is 2. The standard InChI is InChI=1S/C11H11NO3/c1-6-2-3-9-7(4-6)8(5-10(13)14)11(15)12-9/h2-4,8H,5H2,1H3,(H,12,15)(H,13,14)/t8-/m1/s1. The maximum Gasteiger partial charge on any atom is 0.304 e. The highest BCUT2D eigenvalue weighted by molar-refractivity contribution is 6.04. The Kier molecular flexibility index (Phi) is 2.19. The van der Waals surface area contributed by atoms with Crippen molar-refractivity contribution < 1.29 is 14.7 Å². The fourth-order valence-electron chi connectivity index (χ4n) is 1.82. The van der Waals surface area contributed by atoms with Gasteiger partial charge in [0.25, 0.3) is 0 Å². The van der Waals surface area contributed by atoms with E-state index in [1.807, 2.05) is 25.1 Å². The summed E-state index contributed by atoms with van der Waals surface area (Å²) in [5.74, 6) is -1.72. The number of carbonyl (C=O) groups is 2. The monoisotopic (exact) mass is 205 g/mol. The van der Waals surface area contributed by atoms with Crippen LogP contribution in [0.3, 0.4) is 0 Å². The van der Waals surface area contributed by atoms with Crippen LogP contribution in [-0.4, -0.2) is 17.0 Å². The second-order valence-electron chi connectivity index (χ2n) is 3.73. The first-order valence-corrected chi connectivity index (χ1v) is 4.71. The summed E-state index contributed by atoms with van der Waals surface area (Å²) in [6.45, 7) is 1.92. The number of aliphatic carboxylic acids is 1. The van der Waals surface area contributed by atoms with Crippen molar-refractivity contribution in [3.63, 3.8) is 0 Å². The molecule has 1 heterocycles. The third-order valence-corrected chi connectivity index (χ3v) is 2.54. The van der Waals surface area contributed by atoms with Crippen LogP contribution in [0.1, 0.15) is 23.5 Å². The minimum absolute atomic E-state index is 0.151. The molecule has 1 aliphatic heterocycles. The Bertz CT molecular complexity index is 439. The van der Waals surface area contributed by atoms with Gasteiger partial charge < -0.3 is 10.4 Å². The number of carboxylic acids is 1. The Morgan fingerprint density at radius 1 is 1.53 bits per heavy atom. The van der Waals surface area contributed by atoms with Gasteiger partial charge in [-0.05, 0) is 18.6 Å². The summed E-state index contributed by atoms with van der Waals surface area (Å²) in [5, 5.41) is 11.4. The first-order valence-electron chi connectivity index (χ1n) is 4.71. The number of anilines is 1. The average Bonchev–Trinajstić information content (AvgIpc) is 2.43. The van der Waals surface area contributed by atoms with Crippen LogP contribution in [0.2, 0.25) is 0 Å². The molecule has 15 heavy (non-hydrogen) atoms. The number of hydrogen-bond acceptors (Lipinski definition) is 2. The van der Waals surface area contributed by atoms with Gasteiger partial charge in [-0.3, -0.25) is 9.59 Å². The number of aryl methyl sites for hydroxylation is 1. The molecule has 2 rings (SSSR count). The van der Waals surface area contributed by atoms with Gasteiger partial charge in [-0.15, -0.1) is 0 Å². The number of nitrogens with one attached hydrogen (secondary N) is 1. The van der Waals surface area contributed by atoms with Gasteiger partial charge in [-0.1, -0.05) is 17.7 Å². The van der Waals surface area contributed by atoms with Crippen molar-refractivity contribution in [1.82, 2.24) is 0 Å². The van der Waals surface area contributed by atoms with Crippen molar-refractivity contribution in [2.75, 3.05) is 5.32 Å². The molecule has 78 valence electrons. The van der Waals surface area contributed by atoms with Crippen LogP contribution in [0.25, 0.3) is 0 Å². The molecule has 0 unspecified atom stereocenters. The minimum atomic E-state index is -0.954. The highest BCUT2D eigenvalue weighted by Gasteiger charge is 2.32. The Hall–Kier alpha value is -1.84. The van der Waals surface area contributed by atoms with Gasteiger partial charge >= 0.3 is 5.97 Å². The van der Waals surface area contributed by atoms with Crippen LogP contribution in [0, 0.1) is 6.92 Å². The first-order chi connectivity index (χ1) is 7.08. The van der Waals surface area contributed by atoms with E-state index < -0.39 is 11.9 Å². The van der Waals surface area contributed by atoms with Crippen molar-refractivity contribution in [3.8, 4) is 0 Å². The molecule has 0 aliphatic carbocycles. The van der Waals surface area contributed by atoms with E-state index in [-0.39, 0.29) is 12.3 Å². The number of benzene rings is 1. The second-order valence-corrected chi connectivity index (χ2v) is 3.73. The maximum atomic E-state index is 11.5. The van der Waals surface area contributed by atoms with Gasteiger partial charge in [0.05, 0.1) is 12.3 Å². The van der Waals surface area contributed by atoms with Crippen LogP contribution < -0.4 is 5.32 Å². The van der Waals surface area contributed by atoms with Crippen molar-refractivity contribution in [3.05, 3.63) is 29.3 Å². The van der Waals surface area contributed by atoms with Crippen molar-refractivity contribution in [1.29, 1.82) is 0 Å². The normalized spacial score (nSPS) is 18.5. The van der Waals surface area contributed by atoms with E-state index in [9.17, 15) is 9.59 Å². The van der Waals surface area contributed by atoms with E-state index >= 15 is 0 Å². The zero-order valence-electron chi connectivity index (χ0n) is 8.28. The van der Waals surface area contributed by atoms with E-state index in [0.29, 0.717) is 0 Å². The Morgan fingerprint density at radius 3 is 2.93 bits per heavy atom. The first kappa shape index (κ1) is 9.71. The molecule has 0 aromatic heterocycles. The van der Waals surface area contributed by atoms with Crippen LogP contribution in [-0.2, 0) is 9.59 Å². The van der Waals surface area contributed by atoms with E-state index in [1.54, 1.807) is 0 Å². The van der Waals surface area contributed by atoms with E-state index in [2.05, 4.69) is 5.32 Å². The molecule has 1 atom stereocenters. The second kappa shape index (κ2) is 3.38. The quantitative estimate of drug-likeness (QED) is 0.769. The summed E-state index contributed by atoms with van der Waals surface area (Å²) in [5.41, 5.74) is 2.56. The number of amides is 1. The van der Waals surface area contributed by atoms with Crippen molar-refractivity contribution in [2.45, 2.75) is 19.3 Å². The third-order valence-electron chi connectivity index (χ3n) is 2.54. The summed E-state index contributed by atoms with van der Waals surface area (Å²) in [7, 11) is 0. The van der Waals surface area contributed by atoms with Crippen LogP contribution in [0.5, 0.6) is 0 Å². The van der Waals surface area contributed by atoms with Gasteiger partial charge in [0.15, 0.2) is 0 Å². The van der Waals surface area contributed by atoms with E-state index in [1.165, 1.54) is 0 Å². The van der Waals surface area contributed by atoms with E-state index in [4.69, 9.17) is 5.11 Å². The topological polar surface area (TPSA) is 66.4 Å². The molecule has 0 radical (unpaired) electrons. The van der Waals surface area contributed by atoms with Gasteiger partial charge in [0, 0.05) is 5.69 Å². The number of carboxylic acid groups (broad SMARTS) is 1. The summed E-state index contributed by atoms with van der Waals surface area (Å²) in [4.78, 5) is 22.1. The zero-order chi connectivity index (χ0) is 11.0. The molecule has 4 heteroatoms. The van der Waals surface area contributed by atoms with Crippen LogP contribution >= 0.6 is 0 Å². The van der Waals surface area contributed by atoms with Gasteiger partial charge in [0.2, 0.25) is 5.91 Å². The molecule has 1 aromatic rings. The minimum Gasteiger partial charge on any atom is -0.481 e. The van der Waals surface area contributed by atoms with Gasteiger partial charge in [-0.25, -0.2) is 0 Å². The van der Waals surface area contributed by atoms with Crippen LogP contribution in [0.15, 0.2) is 18.2 Å². The molecule has 0 saturated heterocycles. The maximum absolute atomic E-state index is 11.5. The lowest BCUT2D eigenvalue weighted by molar-refractivity contribution is -0.138. The summed E-state index contributed by atoms with van der Waals surface area (Å²) in [6.07, 6.45) is -0.151. The molecule has 0 fully saturated rings. The Morgan fingerprint density at radius 2 is 2.27 bits per heavy atom. The number of fused-ring (bicyclic) bond motifs is 1.